The summed E-state index contributed by atoms with van der Waals surface area (Å²) < 4.78 is 1.15. The van der Waals surface area contributed by atoms with Gasteiger partial charge in [0.1, 0.15) is 0 Å². The van der Waals surface area contributed by atoms with Gasteiger partial charge in [-0.2, -0.15) is 4.98 Å². The van der Waals surface area contributed by atoms with Crippen LogP contribution in [-0.4, -0.2) is 36.1 Å². The Kier molecular flexibility index (Phi) is 2.83. The third-order valence-corrected chi connectivity index (χ3v) is 4.57. The first-order valence-electron chi connectivity index (χ1n) is 6.12. The Bertz CT molecular complexity index is 579. The first-order chi connectivity index (χ1) is 8.69. The van der Waals surface area contributed by atoms with E-state index in [0.29, 0.717) is 12.0 Å². The minimum absolute atomic E-state index is 0.368. The third-order valence-electron chi connectivity index (χ3n) is 3.49. The summed E-state index contributed by atoms with van der Waals surface area (Å²) in [5.41, 5.74) is 8.00. The SMILES string of the molecule is CNC1CCN(c2nc(N)nc3c(C)csc23)C1. The van der Waals surface area contributed by atoms with Gasteiger partial charge in [-0.25, -0.2) is 4.98 Å². The molecule has 0 saturated carbocycles. The highest BCUT2D eigenvalue weighted by atomic mass is 32.1. The number of nitrogens with two attached hydrogens (primary N) is 1. The predicted molar refractivity (Wildman–Crippen MR) is 76.2 cm³/mol. The van der Waals surface area contributed by atoms with Crippen molar-refractivity contribution < 1.29 is 0 Å². The van der Waals surface area contributed by atoms with E-state index in [-0.39, 0.29) is 0 Å². The number of anilines is 2. The highest BCUT2D eigenvalue weighted by Gasteiger charge is 2.25. The average molecular weight is 263 g/mol. The molecular formula is C12H17N5S. The zero-order valence-electron chi connectivity index (χ0n) is 10.6. The molecule has 1 aliphatic heterocycles. The number of nitrogen functional groups attached to an aromatic ring is 1. The van der Waals surface area contributed by atoms with Gasteiger partial charge in [-0.3, -0.25) is 0 Å². The van der Waals surface area contributed by atoms with Crippen LogP contribution in [0, 0.1) is 6.92 Å². The Morgan fingerprint density at radius 3 is 3.06 bits per heavy atom. The summed E-state index contributed by atoms with van der Waals surface area (Å²) in [6.07, 6.45) is 1.15. The van der Waals surface area contributed by atoms with E-state index >= 15 is 0 Å². The summed E-state index contributed by atoms with van der Waals surface area (Å²) in [6, 6.07) is 0.539. The molecular weight excluding hydrogens is 246 g/mol. The number of likely N-dealkylation sites (N-methyl/N-ethyl adjacent to an activating group) is 1. The van der Waals surface area contributed by atoms with Crippen molar-refractivity contribution in [3.63, 3.8) is 0 Å². The molecule has 0 spiro atoms. The van der Waals surface area contributed by atoms with Crippen molar-refractivity contribution in [2.24, 2.45) is 0 Å². The van der Waals surface area contributed by atoms with Crippen LogP contribution in [0.5, 0.6) is 0 Å². The van der Waals surface area contributed by atoms with Gasteiger partial charge in [-0.15, -0.1) is 11.3 Å². The second kappa shape index (κ2) is 4.37. The van der Waals surface area contributed by atoms with E-state index < -0.39 is 0 Å². The van der Waals surface area contributed by atoms with E-state index in [1.165, 1.54) is 5.56 Å². The summed E-state index contributed by atoms with van der Waals surface area (Å²) in [6.45, 7) is 4.07. The minimum Gasteiger partial charge on any atom is -0.368 e. The van der Waals surface area contributed by atoms with E-state index in [0.717, 1.165) is 35.5 Å². The molecule has 1 unspecified atom stereocenters. The molecule has 18 heavy (non-hydrogen) atoms. The lowest BCUT2D eigenvalue weighted by Crippen LogP contribution is -2.30. The lowest BCUT2D eigenvalue weighted by molar-refractivity contribution is 0.616. The van der Waals surface area contributed by atoms with Gasteiger partial charge in [0, 0.05) is 19.1 Å². The van der Waals surface area contributed by atoms with Crippen LogP contribution in [0.25, 0.3) is 10.2 Å². The first-order valence-corrected chi connectivity index (χ1v) is 7.00. The third kappa shape index (κ3) is 1.81. The number of hydrogen-bond acceptors (Lipinski definition) is 6. The molecule has 1 aliphatic rings. The van der Waals surface area contributed by atoms with Crippen LogP contribution in [-0.2, 0) is 0 Å². The molecule has 1 atom stereocenters. The lowest BCUT2D eigenvalue weighted by Gasteiger charge is -2.18. The Morgan fingerprint density at radius 1 is 1.50 bits per heavy atom. The Labute approximate surface area is 110 Å². The van der Waals surface area contributed by atoms with Crippen molar-refractivity contribution in [1.29, 1.82) is 0 Å². The molecule has 0 radical (unpaired) electrons. The standard InChI is InChI=1S/C12H17N5S/c1-7-6-18-10-9(7)15-12(13)16-11(10)17-4-3-8(5-17)14-2/h6,8,14H,3-5H2,1-2H3,(H2,13,15,16). The van der Waals surface area contributed by atoms with Crippen molar-refractivity contribution in [3.8, 4) is 0 Å². The molecule has 0 aromatic carbocycles. The van der Waals surface area contributed by atoms with Crippen LogP contribution >= 0.6 is 11.3 Å². The number of rotatable bonds is 2. The molecule has 3 rings (SSSR count). The molecule has 0 amide bonds. The summed E-state index contributed by atoms with van der Waals surface area (Å²) in [5, 5.41) is 5.44. The van der Waals surface area contributed by atoms with Gasteiger partial charge in [0.05, 0.1) is 10.2 Å². The second-order valence-corrected chi connectivity index (χ2v) is 5.60. The van der Waals surface area contributed by atoms with Crippen LogP contribution in [0.2, 0.25) is 0 Å². The minimum atomic E-state index is 0.368. The normalized spacial score (nSPS) is 19.9. The zero-order valence-corrected chi connectivity index (χ0v) is 11.4. The number of nitrogens with one attached hydrogen (secondary N) is 1. The van der Waals surface area contributed by atoms with Gasteiger partial charge in [0.25, 0.3) is 0 Å². The fourth-order valence-electron chi connectivity index (χ4n) is 2.44. The van der Waals surface area contributed by atoms with E-state index in [2.05, 4.69) is 32.5 Å². The van der Waals surface area contributed by atoms with Crippen molar-refractivity contribution in [2.75, 3.05) is 30.8 Å². The molecule has 96 valence electrons. The largest absolute Gasteiger partial charge is 0.368 e. The molecule has 5 nitrogen and oxygen atoms in total. The molecule has 0 bridgehead atoms. The van der Waals surface area contributed by atoms with Gasteiger partial charge in [0.2, 0.25) is 5.95 Å². The van der Waals surface area contributed by atoms with Gasteiger partial charge >= 0.3 is 0 Å². The van der Waals surface area contributed by atoms with E-state index in [1.54, 1.807) is 11.3 Å². The maximum absolute atomic E-state index is 5.83. The van der Waals surface area contributed by atoms with Crippen LogP contribution in [0.1, 0.15) is 12.0 Å². The highest BCUT2D eigenvalue weighted by molar-refractivity contribution is 7.18. The van der Waals surface area contributed by atoms with Crippen LogP contribution < -0.4 is 16.0 Å². The molecule has 6 heteroatoms. The van der Waals surface area contributed by atoms with Gasteiger partial charge in [-0.05, 0) is 31.3 Å². The summed E-state index contributed by atoms with van der Waals surface area (Å²) in [7, 11) is 2.01. The van der Waals surface area contributed by atoms with Crippen LogP contribution in [0.3, 0.4) is 0 Å². The molecule has 1 saturated heterocycles. The molecule has 3 N–H and O–H groups in total. The van der Waals surface area contributed by atoms with Gasteiger partial charge < -0.3 is 16.0 Å². The number of nitrogens with zero attached hydrogens (tertiary/aromatic N) is 3. The monoisotopic (exact) mass is 263 g/mol. The number of thiophene rings is 1. The van der Waals surface area contributed by atoms with E-state index in [4.69, 9.17) is 5.73 Å². The molecule has 2 aromatic heterocycles. The van der Waals surface area contributed by atoms with Crippen LogP contribution in [0.4, 0.5) is 11.8 Å². The van der Waals surface area contributed by atoms with E-state index in [9.17, 15) is 0 Å². The highest BCUT2D eigenvalue weighted by Crippen LogP contribution is 2.33. The number of aryl methyl sites for hydroxylation is 1. The molecule has 1 fully saturated rings. The van der Waals surface area contributed by atoms with Gasteiger partial charge in [-0.1, -0.05) is 0 Å². The predicted octanol–water partition coefficient (Wildman–Crippen LogP) is 1.38. The fraction of sp³-hybridized carbons (Fsp3) is 0.500. The van der Waals surface area contributed by atoms with Crippen LogP contribution in [0.15, 0.2) is 5.38 Å². The number of hydrogen-bond donors (Lipinski definition) is 2. The Morgan fingerprint density at radius 2 is 2.33 bits per heavy atom. The molecule has 2 aromatic rings. The first kappa shape index (κ1) is 11.7. The number of aromatic nitrogens is 2. The summed E-state index contributed by atoms with van der Waals surface area (Å²) in [5.74, 6) is 1.36. The van der Waals surface area contributed by atoms with Crippen molar-refractivity contribution in [3.05, 3.63) is 10.9 Å². The molecule has 0 aliphatic carbocycles. The molecule has 3 heterocycles. The topological polar surface area (TPSA) is 67.1 Å². The van der Waals surface area contributed by atoms with Crippen molar-refractivity contribution >= 4 is 33.3 Å². The lowest BCUT2D eigenvalue weighted by atomic mass is 10.3. The van der Waals surface area contributed by atoms with E-state index in [1.807, 2.05) is 7.05 Å². The Hall–Kier alpha value is -1.40. The summed E-state index contributed by atoms with van der Waals surface area (Å²) >= 11 is 1.70. The maximum atomic E-state index is 5.83. The van der Waals surface area contributed by atoms with Crippen molar-refractivity contribution in [1.82, 2.24) is 15.3 Å². The quantitative estimate of drug-likeness (QED) is 0.857. The smallest absolute Gasteiger partial charge is 0.222 e. The fourth-order valence-corrected chi connectivity index (χ4v) is 3.44. The van der Waals surface area contributed by atoms with Crippen molar-refractivity contribution in [2.45, 2.75) is 19.4 Å². The number of fused-ring (bicyclic) bond motifs is 1. The average Bonchev–Trinajstić information content (AvgIpc) is 2.96. The van der Waals surface area contributed by atoms with Gasteiger partial charge in [0.15, 0.2) is 5.82 Å². The Balaban J connectivity index is 2.06. The zero-order chi connectivity index (χ0) is 12.7. The maximum Gasteiger partial charge on any atom is 0.222 e. The summed E-state index contributed by atoms with van der Waals surface area (Å²) in [4.78, 5) is 11.1. The second-order valence-electron chi connectivity index (χ2n) is 4.72.